The summed E-state index contributed by atoms with van der Waals surface area (Å²) >= 11 is 2.89. The molecule has 0 aliphatic carbocycles. The minimum absolute atomic E-state index is 0.0667. The van der Waals surface area contributed by atoms with E-state index >= 15 is 0 Å². The molecular formula is C19H14FN3OS2. The maximum Gasteiger partial charge on any atom is 0.272 e. The SMILES string of the molecule is O=c1c2sccc2nc(SCc2cccnc2)n1Cc1ccc(F)cc1. The number of pyridine rings is 1. The van der Waals surface area contributed by atoms with E-state index in [9.17, 15) is 9.18 Å². The highest BCUT2D eigenvalue weighted by molar-refractivity contribution is 7.98. The first-order valence-electron chi connectivity index (χ1n) is 7.95. The Hall–Kier alpha value is -2.51. The first-order valence-corrected chi connectivity index (χ1v) is 9.81. The van der Waals surface area contributed by atoms with Crippen molar-refractivity contribution in [2.24, 2.45) is 0 Å². The number of hydrogen-bond donors (Lipinski definition) is 0. The summed E-state index contributed by atoms with van der Waals surface area (Å²) in [6.45, 7) is 0.356. The van der Waals surface area contributed by atoms with Gasteiger partial charge in [0.05, 0.1) is 12.1 Å². The standard InChI is InChI=1S/C19H14FN3OS2/c20-15-5-3-13(4-6-15)11-23-18(24)17-16(7-9-25-17)22-19(23)26-12-14-2-1-8-21-10-14/h1-10H,11-12H2. The van der Waals surface area contributed by atoms with Crippen LogP contribution < -0.4 is 5.56 Å². The molecule has 0 fully saturated rings. The topological polar surface area (TPSA) is 47.8 Å². The molecule has 0 amide bonds. The van der Waals surface area contributed by atoms with Gasteiger partial charge >= 0.3 is 0 Å². The Kier molecular flexibility index (Phi) is 4.81. The zero-order valence-corrected chi connectivity index (χ0v) is 15.3. The van der Waals surface area contributed by atoms with Crippen molar-refractivity contribution in [3.05, 3.63) is 87.5 Å². The quantitative estimate of drug-likeness (QED) is 0.380. The summed E-state index contributed by atoms with van der Waals surface area (Å²) in [7, 11) is 0. The summed E-state index contributed by atoms with van der Waals surface area (Å²) in [5.74, 6) is 0.374. The fourth-order valence-corrected chi connectivity index (χ4v) is 4.29. The highest BCUT2D eigenvalue weighted by atomic mass is 32.2. The molecule has 4 rings (SSSR count). The third-order valence-electron chi connectivity index (χ3n) is 3.88. The molecule has 26 heavy (non-hydrogen) atoms. The Morgan fingerprint density at radius 3 is 2.73 bits per heavy atom. The van der Waals surface area contributed by atoms with Crippen molar-refractivity contribution in [2.75, 3.05) is 0 Å². The first kappa shape index (κ1) is 16.9. The number of rotatable bonds is 5. The van der Waals surface area contributed by atoms with Crippen molar-refractivity contribution < 1.29 is 4.39 Å². The number of thioether (sulfide) groups is 1. The zero-order valence-electron chi connectivity index (χ0n) is 13.6. The average molecular weight is 383 g/mol. The van der Waals surface area contributed by atoms with Crippen molar-refractivity contribution in [3.63, 3.8) is 0 Å². The van der Waals surface area contributed by atoms with Gasteiger partial charge in [-0.05, 0) is 40.8 Å². The molecule has 7 heteroatoms. The molecule has 4 nitrogen and oxygen atoms in total. The lowest BCUT2D eigenvalue weighted by atomic mass is 10.2. The van der Waals surface area contributed by atoms with Crippen LogP contribution in [0.4, 0.5) is 4.39 Å². The van der Waals surface area contributed by atoms with E-state index in [-0.39, 0.29) is 11.4 Å². The fourth-order valence-electron chi connectivity index (χ4n) is 2.58. The predicted molar refractivity (Wildman–Crippen MR) is 103 cm³/mol. The van der Waals surface area contributed by atoms with Crippen molar-refractivity contribution in [1.82, 2.24) is 14.5 Å². The van der Waals surface area contributed by atoms with Crippen LogP contribution in [0, 0.1) is 5.82 Å². The molecule has 0 atom stereocenters. The Balaban J connectivity index is 1.72. The molecule has 130 valence electrons. The van der Waals surface area contributed by atoms with E-state index in [1.807, 2.05) is 23.6 Å². The van der Waals surface area contributed by atoms with Crippen LogP contribution >= 0.6 is 23.1 Å². The van der Waals surface area contributed by atoms with Gasteiger partial charge in [0.25, 0.3) is 5.56 Å². The predicted octanol–water partition coefficient (Wildman–Crippen LogP) is 4.33. The van der Waals surface area contributed by atoms with Crippen molar-refractivity contribution >= 4 is 33.3 Å². The summed E-state index contributed by atoms with van der Waals surface area (Å²) in [5.41, 5.74) is 2.56. The Bertz CT molecular complexity index is 1090. The molecular weight excluding hydrogens is 369 g/mol. The minimum atomic E-state index is -0.292. The lowest BCUT2D eigenvalue weighted by Crippen LogP contribution is -2.23. The molecule has 3 aromatic heterocycles. The summed E-state index contributed by atoms with van der Waals surface area (Å²) in [5, 5.41) is 2.52. The lowest BCUT2D eigenvalue weighted by molar-refractivity contribution is 0.623. The van der Waals surface area contributed by atoms with Crippen molar-refractivity contribution in [3.8, 4) is 0 Å². The van der Waals surface area contributed by atoms with Crippen LogP contribution in [0.25, 0.3) is 10.2 Å². The second-order valence-corrected chi connectivity index (χ2v) is 7.56. The molecule has 0 radical (unpaired) electrons. The molecule has 4 aromatic rings. The van der Waals surface area contributed by atoms with Crippen LogP contribution in [0.15, 0.2) is 70.2 Å². The molecule has 0 unspecified atom stereocenters. The molecule has 0 saturated heterocycles. The summed E-state index contributed by atoms with van der Waals surface area (Å²) in [4.78, 5) is 21.7. The van der Waals surface area contributed by atoms with Gasteiger partial charge in [0, 0.05) is 18.1 Å². The van der Waals surface area contributed by atoms with E-state index in [1.165, 1.54) is 35.2 Å². The average Bonchev–Trinajstić information content (AvgIpc) is 3.14. The normalized spacial score (nSPS) is 11.1. The van der Waals surface area contributed by atoms with Gasteiger partial charge in [-0.3, -0.25) is 14.3 Å². The van der Waals surface area contributed by atoms with Crippen LogP contribution in [0.2, 0.25) is 0 Å². The van der Waals surface area contributed by atoms with E-state index in [1.54, 1.807) is 29.1 Å². The first-order chi connectivity index (χ1) is 12.7. The second-order valence-electron chi connectivity index (χ2n) is 5.70. The molecule has 0 bridgehead atoms. The zero-order chi connectivity index (χ0) is 17.9. The van der Waals surface area contributed by atoms with Crippen LogP contribution in [0.5, 0.6) is 0 Å². The number of fused-ring (bicyclic) bond motifs is 1. The van der Waals surface area contributed by atoms with Gasteiger partial charge in [0.15, 0.2) is 5.16 Å². The van der Waals surface area contributed by atoms with Crippen LogP contribution in [-0.2, 0) is 12.3 Å². The summed E-state index contributed by atoms with van der Waals surface area (Å²) in [6.07, 6.45) is 3.53. The summed E-state index contributed by atoms with van der Waals surface area (Å²) in [6, 6.07) is 11.9. The largest absolute Gasteiger partial charge is 0.282 e. The highest BCUT2D eigenvalue weighted by Crippen LogP contribution is 2.24. The van der Waals surface area contributed by atoms with E-state index in [2.05, 4.69) is 9.97 Å². The van der Waals surface area contributed by atoms with E-state index in [0.29, 0.717) is 27.7 Å². The third-order valence-corrected chi connectivity index (χ3v) is 5.81. The third kappa shape index (κ3) is 3.54. The van der Waals surface area contributed by atoms with Gasteiger partial charge < -0.3 is 0 Å². The van der Waals surface area contributed by atoms with E-state index in [4.69, 9.17) is 0 Å². The van der Waals surface area contributed by atoms with Crippen molar-refractivity contribution in [2.45, 2.75) is 17.5 Å². The van der Waals surface area contributed by atoms with Gasteiger partial charge in [0.1, 0.15) is 10.5 Å². The lowest BCUT2D eigenvalue weighted by Gasteiger charge is -2.12. The maximum absolute atomic E-state index is 13.2. The monoisotopic (exact) mass is 383 g/mol. The molecule has 0 aliphatic heterocycles. The van der Waals surface area contributed by atoms with E-state index in [0.717, 1.165) is 11.1 Å². The molecule has 3 heterocycles. The van der Waals surface area contributed by atoms with Crippen molar-refractivity contribution in [1.29, 1.82) is 0 Å². The summed E-state index contributed by atoms with van der Waals surface area (Å²) < 4.78 is 15.5. The number of hydrogen-bond acceptors (Lipinski definition) is 5. The number of benzene rings is 1. The molecule has 0 N–H and O–H groups in total. The molecule has 0 saturated carbocycles. The molecule has 0 aliphatic rings. The minimum Gasteiger partial charge on any atom is -0.282 e. The van der Waals surface area contributed by atoms with E-state index < -0.39 is 0 Å². The number of halogens is 1. The van der Waals surface area contributed by atoms with Gasteiger partial charge in [-0.15, -0.1) is 11.3 Å². The van der Waals surface area contributed by atoms with Crippen LogP contribution in [0.1, 0.15) is 11.1 Å². The van der Waals surface area contributed by atoms with Crippen LogP contribution in [0.3, 0.4) is 0 Å². The van der Waals surface area contributed by atoms with Crippen LogP contribution in [-0.4, -0.2) is 14.5 Å². The smallest absolute Gasteiger partial charge is 0.272 e. The number of aromatic nitrogens is 3. The van der Waals surface area contributed by atoms with Gasteiger partial charge in [-0.1, -0.05) is 30.0 Å². The molecule has 1 aromatic carbocycles. The van der Waals surface area contributed by atoms with Gasteiger partial charge in [-0.25, -0.2) is 9.37 Å². The van der Waals surface area contributed by atoms with Gasteiger partial charge in [-0.2, -0.15) is 0 Å². The van der Waals surface area contributed by atoms with Gasteiger partial charge in [0.2, 0.25) is 0 Å². The Morgan fingerprint density at radius 2 is 1.96 bits per heavy atom. The Morgan fingerprint density at radius 1 is 1.12 bits per heavy atom. The Labute approximate surface area is 157 Å². The number of thiophene rings is 1. The number of nitrogens with zero attached hydrogens (tertiary/aromatic N) is 3. The maximum atomic E-state index is 13.2. The second kappa shape index (κ2) is 7.39. The fraction of sp³-hybridized carbons (Fsp3) is 0.105. The highest BCUT2D eigenvalue weighted by Gasteiger charge is 2.13. The molecule has 0 spiro atoms.